The Morgan fingerprint density at radius 1 is 1.08 bits per heavy atom. The summed E-state index contributed by atoms with van der Waals surface area (Å²) < 4.78 is 18.6. The predicted molar refractivity (Wildman–Crippen MR) is 91.8 cm³/mol. The third-order valence-corrected chi connectivity index (χ3v) is 4.09. The third-order valence-electron chi connectivity index (χ3n) is 4.09. The third kappa shape index (κ3) is 4.44. The summed E-state index contributed by atoms with van der Waals surface area (Å²) in [6.07, 6.45) is 3.31. The molecule has 1 aliphatic heterocycles. The number of rotatable bonds is 3. The van der Waals surface area contributed by atoms with Crippen molar-refractivity contribution in [1.29, 1.82) is 0 Å². The number of piperidine rings is 1. The van der Waals surface area contributed by atoms with Crippen LogP contribution < -0.4 is 0 Å². The van der Waals surface area contributed by atoms with Crippen molar-refractivity contribution < 1.29 is 13.9 Å². The van der Waals surface area contributed by atoms with Gasteiger partial charge in [0.2, 0.25) is 0 Å². The maximum Gasteiger partial charge on any atom is 0.410 e. The highest BCUT2D eigenvalue weighted by Crippen LogP contribution is 2.20. The summed E-state index contributed by atoms with van der Waals surface area (Å²) in [5, 5.41) is 0. The average Bonchev–Trinajstić information content (AvgIpc) is 2.61. The molecule has 1 amide bonds. The van der Waals surface area contributed by atoms with Crippen LogP contribution >= 0.6 is 0 Å². The molecule has 124 valence electrons. The molecule has 1 heterocycles. The number of halogens is 1. The smallest absolute Gasteiger partial charge is 0.410 e. The number of benzene rings is 2. The van der Waals surface area contributed by atoms with E-state index in [1.165, 1.54) is 17.7 Å². The summed E-state index contributed by atoms with van der Waals surface area (Å²) in [7, 11) is 0. The highest BCUT2D eigenvalue weighted by atomic mass is 19.1. The van der Waals surface area contributed by atoms with Gasteiger partial charge in [-0.05, 0) is 36.1 Å². The largest absolute Gasteiger partial charge is 0.445 e. The van der Waals surface area contributed by atoms with Gasteiger partial charge >= 0.3 is 6.09 Å². The second-order valence-electron chi connectivity index (χ2n) is 5.88. The maximum atomic E-state index is 13.2. The van der Waals surface area contributed by atoms with E-state index in [9.17, 15) is 9.18 Å². The van der Waals surface area contributed by atoms with E-state index in [-0.39, 0.29) is 11.9 Å². The highest BCUT2D eigenvalue weighted by Gasteiger charge is 2.20. The number of likely N-dealkylation sites (tertiary alicyclic amines) is 1. The van der Waals surface area contributed by atoms with Crippen molar-refractivity contribution in [1.82, 2.24) is 4.90 Å². The van der Waals surface area contributed by atoms with Crippen LogP contribution in [0.3, 0.4) is 0 Å². The molecule has 3 nitrogen and oxygen atoms in total. The molecule has 2 aromatic carbocycles. The van der Waals surface area contributed by atoms with Gasteiger partial charge in [0, 0.05) is 13.1 Å². The monoisotopic (exact) mass is 325 g/mol. The minimum Gasteiger partial charge on any atom is -0.445 e. The van der Waals surface area contributed by atoms with Crippen LogP contribution in [-0.2, 0) is 11.3 Å². The fourth-order valence-electron chi connectivity index (χ4n) is 2.76. The fourth-order valence-corrected chi connectivity index (χ4v) is 2.76. The molecule has 0 aromatic heterocycles. The zero-order chi connectivity index (χ0) is 16.8. The summed E-state index contributed by atoms with van der Waals surface area (Å²) in [5.41, 5.74) is 3.08. The summed E-state index contributed by atoms with van der Waals surface area (Å²) in [5.74, 6) is -0.230. The number of ether oxygens (including phenoxy) is 1. The van der Waals surface area contributed by atoms with Crippen LogP contribution in [0.1, 0.15) is 24.0 Å². The van der Waals surface area contributed by atoms with Crippen molar-refractivity contribution in [2.45, 2.75) is 19.4 Å². The molecule has 0 radical (unpaired) electrons. The molecule has 1 saturated heterocycles. The van der Waals surface area contributed by atoms with Gasteiger partial charge in [-0.1, -0.05) is 54.1 Å². The van der Waals surface area contributed by atoms with Crippen LogP contribution in [0.5, 0.6) is 0 Å². The zero-order valence-corrected chi connectivity index (χ0v) is 13.5. The SMILES string of the molecule is O=C(OCc1ccccc1)N1CCC(=Cc2cccc(F)c2)CC1. The first-order valence-electron chi connectivity index (χ1n) is 8.11. The first kappa shape index (κ1) is 16.2. The van der Waals surface area contributed by atoms with Crippen LogP contribution in [-0.4, -0.2) is 24.1 Å². The lowest BCUT2D eigenvalue weighted by Gasteiger charge is -2.27. The van der Waals surface area contributed by atoms with E-state index in [2.05, 4.69) is 0 Å². The molecule has 24 heavy (non-hydrogen) atoms. The van der Waals surface area contributed by atoms with Crippen molar-refractivity contribution >= 4 is 12.2 Å². The van der Waals surface area contributed by atoms with E-state index in [1.54, 1.807) is 11.0 Å². The Kier molecular flexibility index (Phi) is 5.26. The number of carbonyl (C=O) groups is 1. The van der Waals surface area contributed by atoms with Gasteiger partial charge in [0.15, 0.2) is 0 Å². The van der Waals surface area contributed by atoms with Crippen LogP contribution in [0.15, 0.2) is 60.2 Å². The van der Waals surface area contributed by atoms with Crippen molar-refractivity contribution in [3.63, 3.8) is 0 Å². The molecule has 2 aromatic rings. The number of hydrogen-bond acceptors (Lipinski definition) is 2. The molecule has 0 unspecified atom stereocenters. The first-order valence-corrected chi connectivity index (χ1v) is 8.11. The lowest BCUT2D eigenvalue weighted by molar-refractivity contribution is 0.0936. The second kappa shape index (κ2) is 7.77. The Labute approximate surface area is 141 Å². The van der Waals surface area contributed by atoms with Crippen molar-refractivity contribution in [2.75, 3.05) is 13.1 Å². The van der Waals surface area contributed by atoms with Gasteiger partial charge < -0.3 is 9.64 Å². The molecule has 0 N–H and O–H groups in total. The lowest BCUT2D eigenvalue weighted by atomic mass is 10.0. The highest BCUT2D eigenvalue weighted by molar-refractivity contribution is 5.68. The topological polar surface area (TPSA) is 29.5 Å². The Morgan fingerprint density at radius 2 is 1.83 bits per heavy atom. The van der Waals surface area contributed by atoms with E-state index >= 15 is 0 Å². The molecule has 0 aliphatic carbocycles. The minimum absolute atomic E-state index is 0.230. The van der Waals surface area contributed by atoms with Crippen molar-refractivity contribution in [3.05, 3.63) is 77.1 Å². The molecule has 0 atom stereocenters. The van der Waals surface area contributed by atoms with Gasteiger partial charge in [-0.2, -0.15) is 0 Å². The van der Waals surface area contributed by atoms with E-state index < -0.39 is 0 Å². The zero-order valence-electron chi connectivity index (χ0n) is 13.5. The molecule has 0 spiro atoms. The number of nitrogens with zero attached hydrogens (tertiary/aromatic N) is 1. The van der Waals surface area contributed by atoms with Crippen molar-refractivity contribution in [2.24, 2.45) is 0 Å². The molecule has 3 rings (SSSR count). The van der Waals surface area contributed by atoms with E-state index in [0.29, 0.717) is 19.7 Å². The fraction of sp³-hybridized carbons (Fsp3) is 0.250. The Balaban J connectivity index is 1.50. The van der Waals surface area contributed by atoms with Crippen molar-refractivity contribution in [3.8, 4) is 0 Å². The number of hydrogen-bond donors (Lipinski definition) is 0. The molecule has 1 fully saturated rings. The van der Waals surface area contributed by atoms with E-state index in [4.69, 9.17) is 4.74 Å². The van der Waals surface area contributed by atoms with Crippen LogP contribution in [0.4, 0.5) is 9.18 Å². The van der Waals surface area contributed by atoms with E-state index in [1.807, 2.05) is 42.5 Å². The number of amides is 1. The average molecular weight is 325 g/mol. The molecular weight excluding hydrogens is 305 g/mol. The second-order valence-corrected chi connectivity index (χ2v) is 5.88. The summed E-state index contributed by atoms with van der Waals surface area (Å²) in [6, 6.07) is 16.2. The number of carbonyl (C=O) groups excluding carboxylic acids is 1. The van der Waals surface area contributed by atoms with Gasteiger partial charge in [-0.25, -0.2) is 9.18 Å². The van der Waals surface area contributed by atoms with Gasteiger partial charge in [-0.3, -0.25) is 0 Å². The Hall–Kier alpha value is -2.62. The van der Waals surface area contributed by atoms with Gasteiger partial charge in [0.05, 0.1) is 0 Å². The first-order chi connectivity index (χ1) is 11.7. The van der Waals surface area contributed by atoms with Gasteiger partial charge in [-0.15, -0.1) is 0 Å². The molecule has 0 bridgehead atoms. The molecular formula is C20H20FNO2. The minimum atomic E-state index is -0.274. The lowest BCUT2D eigenvalue weighted by Crippen LogP contribution is -2.36. The standard InChI is InChI=1S/C20H20FNO2/c21-19-8-4-7-18(14-19)13-16-9-11-22(12-10-16)20(23)24-15-17-5-2-1-3-6-17/h1-8,13-14H,9-12,15H2. The predicted octanol–water partition coefficient (Wildman–Crippen LogP) is 4.64. The van der Waals surface area contributed by atoms with Gasteiger partial charge in [0.1, 0.15) is 12.4 Å². The van der Waals surface area contributed by atoms with Crippen LogP contribution in [0.2, 0.25) is 0 Å². The van der Waals surface area contributed by atoms with Crippen LogP contribution in [0.25, 0.3) is 6.08 Å². The Morgan fingerprint density at radius 3 is 2.54 bits per heavy atom. The van der Waals surface area contributed by atoms with E-state index in [0.717, 1.165) is 24.0 Å². The summed E-state index contributed by atoms with van der Waals surface area (Å²) >= 11 is 0. The summed E-state index contributed by atoms with van der Waals surface area (Å²) in [6.45, 7) is 1.56. The Bertz CT molecular complexity index is 717. The molecule has 1 aliphatic rings. The quantitative estimate of drug-likeness (QED) is 0.822. The summed E-state index contributed by atoms with van der Waals surface area (Å²) in [4.78, 5) is 13.8. The normalized spacial score (nSPS) is 14.4. The maximum absolute atomic E-state index is 13.2. The van der Waals surface area contributed by atoms with Gasteiger partial charge in [0.25, 0.3) is 0 Å². The molecule has 0 saturated carbocycles. The van der Waals surface area contributed by atoms with Crippen LogP contribution in [0, 0.1) is 5.82 Å². The molecule has 4 heteroatoms.